The van der Waals surface area contributed by atoms with Gasteiger partial charge in [-0.1, -0.05) is 20.8 Å². The number of nitrogens with zero attached hydrogens (tertiary/aromatic N) is 2. The lowest BCUT2D eigenvalue weighted by atomic mass is 10.2. The molecule has 3 atom stereocenters. The number of nitrogens with one attached hydrogen (secondary N) is 2. The molecule has 152 valence electrons. The second-order valence-corrected chi connectivity index (χ2v) is 9.13. The molecule has 1 saturated carbocycles. The second-order valence-electron chi connectivity index (χ2n) is 7.42. The summed E-state index contributed by atoms with van der Waals surface area (Å²) in [7, 11) is 3.46. The first-order chi connectivity index (χ1) is 12.8. The van der Waals surface area contributed by atoms with Crippen molar-refractivity contribution in [3.05, 3.63) is 17.7 Å². The van der Waals surface area contributed by atoms with Crippen LogP contribution in [0.25, 0.3) is 0 Å². The molecule has 1 aliphatic carbocycles. The monoisotopic (exact) mass is 396 g/mol. The Labute approximate surface area is 166 Å². The molecule has 3 N–H and O–H groups in total. The van der Waals surface area contributed by atoms with Gasteiger partial charge in [0, 0.05) is 38.1 Å². The first-order valence-corrected chi connectivity index (χ1v) is 10.3. The fourth-order valence-corrected chi connectivity index (χ4v) is 3.59. The molecule has 1 heterocycles. The van der Waals surface area contributed by atoms with Gasteiger partial charge in [0.05, 0.1) is 12.7 Å². The smallest absolute Gasteiger partial charge is 0.251 e. The lowest BCUT2D eigenvalue weighted by molar-refractivity contribution is 0.0610. The number of methoxy groups -OCH3 is 1. The molecule has 8 heteroatoms. The maximum Gasteiger partial charge on any atom is 0.251 e. The standard InChI is InChI=1S/C19H32N4O3S/c1-12(2)27-23(4)18-8-14(19(25)21-10-16(24)11-26-5)7-17(22-18)20-9-15-6-13(15)3/h7-8,12-13,15-16,24H,6,9-11H2,1-5H3,(H,20,22)(H,21,25)/t13-,15?,16?/m0/s1. The molecular formula is C19H32N4O3S. The lowest BCUT2D eigenvalue weighted by Gasteiger charge is -2.21. The van der Waals surface area contributed by atoms with Gasteiger partial charge in [-0.05, 0) is 42.3 Å². The molecule has 2 unspecified atom stereocenters. The Balaban J connectivity index is 2.11. The van der Waals surface area contributed by atoms with Crippen LogP contribution in [0, 0.1) is 11.8 Å². The molecule has 0 bridgehead atoms. The third kappa shape index (κ3) is 7.20. The number of hydrogen-bond acceptors (Lipinski definition) is 7. The zero-order valence-electron chi connectivity index (χ0n) is 16.9. The first kappa shape index (κ1) is 21.8. The van der Waals surface area contributed by atoms with Crippen LogP contribution in [0.3, 0.4) is 0 Å². The number of carbonyl (C=O) groups is 1. The van der Waals surface area contributed by atoms with E-state index in [0.29, 0.717) is 22.5 Å². The highest BCUT2D eigenvalue weighted by Gasteiger charge is 2.32. The van der Waals surface area contributed by atoms with E-state index in [0.717, 1.165) is 18.3 Å². The van der Waals surface area contributed by atoms with Gasteiger partial charge in [-0.2, -0.15) is 0 Å². The molecule has 0 aliphatic heterocycles. The van der Waals surface area contributed by atoms with Crippen LogP contribution >= 0.6 is 11.9 Å². The average Bonchev–Trinajstić information content (AvgIpc) is 3.32. The first-order valence-electron chi connectivity index (χ1n) is 9.41. The van der Waals surface area contributed by atoms with Gasteiger partial charge in [0.25, 0.3) is 5.91 Å². The lowest BCUT2D eigenvalue weighted by Crippen LogP contribution is -2.34. The highest BCUT2D eigenvalue weighted by Crippen LogP contribution is 2.37. The van der Waals surface area contributed by atoms with Gasteiger partial charge in [-0.25, -0.2) is 4.98 Å². The number of amides is 1. The van der Waals surface area contributed by atoms with E-state index >= 15 is 0 Å². The summed E-state index contributed by atoms with van der Waals surface area (Å²) in [4.78, 5) is 17.2. The van der Waals surface area contributed by atoms with Crippen LogP contribution in [-0.4, -0.2) is 61.2 Å². The highest BCUT2D eigenvalue weighted by molar-refractivity contribution is 8.01. The highest BCUT2D eigenvalue weighted by atomic mass is 32.2. The zero-order valence-corrected chi connectivity index (χ0v) is 17.7. The number of hydrogen-bond donors (Lipinski definition) is 3. The van der Waals surface area contributed by atoms with E-state index < -0.39 is 6.10 Å². The van der Waals surface area contributed by atoms with Gasteiger partial charge in [-0.15, -0.1) is 0 Å². The summed E-state index contributed by atoms with van der Waals surface area (Å²) < 4.78 is 6.86. The Bertz CT molecular complexity index is 629. The molecule has 0 radical (unpaired) electrons. The fraction of sp³-hybridized carbons (Fsp3) is 0.684. The minimum absolute atomic E-state index is 0.142. The minimum atomic E-state index is -0.728. The van der Waals surface area contributed by atoms with Crippen molar-refractivity contribution in [2.75, 3.05) is 43.5 Å². The molecular weight excluding hydrogens is 364 g/mol. The molecule has 1 amide bonds. The van der Waals surface area contributed by atoms with E-state index in [1.807, 2.05) is 11.4 Å². The van der Waals surface area contributed by atoms with E-state index in [1.165, 1.54) is 13.5 Å². The quantitative estimate of drug-likeness (QED) is 0.495. The number of ether oxygens (including phenoxy) is 1. The third-order valence-electron chi connectivity index (χ3n) is 4.44. The Morgan fingerprint density at radius 1 is 1.48 bits per heavy atom. The summed E-state index contributed by atoms with van der Waals surface area (Å²) in [6.45, 7) is 7.66. The van der Waals surface area contributed by atoms with Gasteiger partial charge in [0.15, 0.2) is 0 Å². The van der Waals surface area contributed by atoms with Crippen molar-refractivity contribution < 1.29 is 14.6 Å². The second kappa shape index (κ2) is 10.1. The van der Waals surface area contributed by atoms with Crippen molar-refractivity contribution in [3.63, 3.8) is 0 Å². The van der Waals surface area contributed by atoms with Crippen molar-refractivity contribution in [1.29, 1.82) is 0 Å². The van der Waals surface area contributed by atoms with Gasteiger partial charge in [-0.3, -0.25) is 4.79 Å². The van der Waals surface area contributed by atoms with E-state index in [-0.39, 0.29) is 19.1 Å². The number of aliphatic hydroxyl groups excluding tert-OH is 1. The van der Waals surface area contributed by atoms with Crippen molar-refractivity contribution in [3.8, 4) is 0 Å². The van der Waals surface area contributed by atoms with Crippen molar-refractivity contribution >= 4 is 29.5 Å². The van der Waals surface area contributed by atoms with Crippen molar-refractivity contribution in [1.82, 2.24) is 10.3 Å². The molecule has 0 aromatic carbocycles. The summed E-state index contributed by atoms with van der Waals surface area (Å²) in [6.07, 6.45) is 0.508. The Morgan fingerprint density at radius 3 is 2.78 bits per heavy atom. The van der Waals surface area contributed by atoms with E-state index in [4.69, 9.17) is 4.74 Å². The fourth-order valence-electron chi connectivity index (χ4n) is 2.75. The van der Waals surface area contributed by atoms with Crippen LogP contribution in [0.2, 0.25) is 0 Å². The molecule has 0 spiro atoms. The van der Waals surface area contributed by atoms with Crippen molar-refractivity contribution in [2.24, 2.45) is 11.8 Å². The molecule has 1 aliphatic rings. The van der Waals surface area contributed by atoms with E-state index in [2.05, 4.69) is 36.4 Å². The minimum Gasteiger partial charge on any atom is -0.389 e. The SMILES string of the molecule is COCC(O)CNC(=O)c1cc(NCC2C[C@@H]2C)nc(N(C)SC(C)C)c1. The maximum atomic E-state index is 12.6. The summed E-state index contributed by atoms with van der Waals surface area (Å²) in [5.41, 5.74) is 0.521. The van der Waals surface area contributed by atoms with Gasteiger partial charge < -0.3 is 24.8 Å². The molecule has 27 heavy (non-hydrogen) atoms. The van der Waals surface area contributed by atoms with Crippen LogP contribution in [0.4, 0.5) is 11.6 Å². The average molecular weight is 397 g/mol. The number of anilines is 2. The number of aliphatic hydroxyl groups is 1. The van der Waals surface area contributed by atoms with Gasteiger partial charge >= 0.3 is 0 Å². The molecule has 1 aromatic rings. The summed E-state index contributed by atoms with van der Waals surface area (Å²) in [5, 5.41) is 16.3. The maximum absolute atomic E-state index is 12.6. The predicted octanol–water partition coefficient (Wildman–Crippen LogP) is 2.38. The number of carbonyl (C=O) groups excluding carboxylic acids is 1. The summed E-state index contributed by atoms with van der Waals surface area (Å²) in [5.74, 6) is 2.62. The molecule has 2 rings (SSSR count). The Hall–Kier alpha value is -1.51. The molecule has 0 saturated heterocycles. The summed E-state index contributed by atoms with van der Waals surface area (Å²) >= 11 is 1.65. The van der Waals surface area contributed by atoms with Crippen LogP contribution in [0.1, 0.15) is 37.6 Å². The van der Waals surface area contributed by atoms with Crippen LogP contribution in [0.5, 0.6) is 0 Å². The van der Waals surface area contributed by atoms with E-state index in [9.17, 15) is 9.90 Å². The topological polar surface area (TPSA) is 86.7 Å². The Morgan fingerprint density at radius 2 is 2.19 bits per heavy atom. The van der Waals surface area contributed by atoms with E-state index in [1.54, 1.807) is 24.1 Å². The number of pyridine rings is 1. The predicted molar refractivity (Wildman–Crippen MR) is 111 cm³/mol. The molecule has 1 aromatic heterocycles. The zero-order chi connectivity index (χ0) is 20.0. The number of rotatable bonds is 11. The Kier molecular flexibility index (Phi) is 8.19. The normalized spacial score (nSPS) is 19.7. The molecule has 1 fully saturated rings. The van der Waals surface area contributed by atoms with Crippen LogP contribution in [-0.2, 0) is 4.74 Å². The van der Waals surface area contributed by atoms with Gasteiger partial charge in [0.2, 0.25) is 0 Å². The third-order valence-corrected chi connectivity index (χ3v) is 5.37. The summed E-state index contributed by atoms with van der Waals surface area (Å²) in [6, 6.07) is 3.54. The number of aromatic nitrogens is 1. The van der Waals surface area contributed by atoms with Gasteiger partial charge in [0.1, 0.15) is 11.6 Å². The largest absolute Gasteiger partial charge is 0.389 e. The molecule has 7 nitrogen and oxygen atoms in total. The van der Waals surface area contributed by atoms with Crippen LogP contribution in [0.15, 0.2) is 12.1 Å². The van der Waals surface area contributed by atoms with Crippen molar-refractivity contribution in [2.45, 2.75) is 38.5 Å². The van der Waals surface area contributed by atoms with Crippen LogP contribution < -0.4 is 14.9 Å².